The molecule has 0 atom stereocenters. The molecular formula is C12H15N3O2. The third-order valence-electron chi connectivity index (χ3n) is 1.94. The van der Waals surface area contributed by atoms with Crippen LogP contribution in [0.1, 0.15) is 20.8 Å². The summed E-state index contributed by atoms with van der Waals surface area (Å²) in [6.07, 6.45) is -0.438. The zero-order valence-electron chi connectivity index (χ0n) is 10.1. The van der Waals surface area contributed by atoms with Gasteiger partial charge in [0, 0.05) is 0 Å². The molecule has 0 aromatic heterocycles. The number of amides is 1. The molecule has 1 aromatic carbocycles. The van der Waals surface area contributed by atoms with Crippen LogP contribution >= 0.6 is 0 Å². The van der Waals surface area contributed by atoms with Gasteiger partial charge in [0.05, 0.1) is 5.69 Å². The Morgan fingerprint density at radius 3 is 2.53 bits per heavy atom. The minimum absolute atomic E-state index is 0.438. The molecule has 0 bridgehead atoms. The number of nitrogens with zero attached hydrogens (tertiary/aromatic N) is 2. The predicted molar refractivity (Wildman–Crippen MR) is 64.7 cm³/mol. The fourth-order valence-electron chi connectivity index (χ4n) is 1.21. The van der Waals surface area contributed by atoms with Crippen molar-refractivity contribution >= 4 is 17.7 Å². The van der Waals surface area contributed by atoms with Gasteiger partial charge in [-0.15, -0.1) is 5.01 Å². The van der Waals surface area contributed by atoms with E-state index in [0.29, 0.717) is 5.96 Å². The Labute approximate surface area is 100 Å². The van der Waals surface area contributed by atoms with Crippen LogP contribution in [0.5, 0.6) is 0 Å². The van der Waals surface area contributed by atoms with E-state index in [1.807, 2.05) is 51.1 Å². The van der Waals surface area contributed by atoms with E-state index in [1.54, 1.807) is 0 Å². The van der Waals surface area contributed by atoms with Gasteiger partial charge in [-0.3, -0.25) is 5.43 Å². The highest BCUT2D eigenvalue weighted by atomic mass is 16.6. The number of carbonyl (C=O) groups excluding carboxylic acids is 1. The molecule has 0 radical (unpaired) electrons. The molecule has 1 aromatic rings. The summed E-state index contributed by atoms with van der Waals surface area (Å²) in [5.41, 5.74) is 3.04. The van der Waals surface area contributed by atoms with Crippen molar-refractivity contribution in [1.29, 1.82) is 0 Å². The number of ether oxygens (including phenoxy) is 1. The van der Waals surface area contributed by atoms with Crippen LogP contribution in [0.2, 0.25) is 0 Å². The van der Waals surface area contributed by atoms with Gasteiger partial charge < -0.3 is 4.74 Å². The van der Waals surface area contributed by atoms with Crippen LogP contribution in [-0.2, 0) is 4.74 Å². The van der Waals surface area contributed by atoms with Gasteiger partial charge in [-0.1, -0.05) is 18.2 Å². The van der Waals surface area contributed by atoms with Crippen molar-refractivity contribution < 1.29 is 9.53 Å². The first-order valence-electron chi connectivity index (χ1n) is 5.39. The number of rotatable bonds is 1. The molecule has 2 rings (SSSR count). The topological polar surface area (TPSA) is 63.6 Å². The van der Waals surface area contributed by atoms with Gasteiger partial charge >= 0.3 is 6.09 Å². The molecule has 1 heterocycles. The van der Waals surface area contributed by atoms with Crippen molar-refractivity contribution in [2.45, 2.75) is 26.4 Å². The third kappa shape index (κ3) is 3.21. The average Bonchev–Trinajstić information content (AvgIpc) is 2.96. The monoisotopic (exact) mass is 233 g/mol. The van der Waals surface area contributed by atoms with Crippen molar-refractivity contribution in [3.63, 3.8) is 0 Å². The van der Waals surface area contributed by atoms with Gasteiger partial charge in [0.25, 0.3) is 0 Å². The van der Waals surface area contributed by atoms with Crippen LogP contribution in [0.4, 0.5) is 10.5 Å². The van der Waals surface area contributed by atoms with E-state index in [1.165, 1.54) is 5.01 Å². The second-order valence-electron chi connectivity index (χ2n) is 4.70. The Balaban J connectivity index is 1.97. The first kappa shape index (κ1) is 11.4. The minimum atomic E-state index is -0.501. The highest BCUT2D eigenvalue weighted by molar-refractivity contribution is 6.05. The van der Waals surface area contributed by atoms with Gasteiger partial charge in [0.1, 0.15) is 5.60 Å². The lowest BCUT2D eigenvalue weighted by Crippen LogP contribution is -2.28. The van der Waals surface area contributed by atoms with Crippen LogP contribution in [0.25, 0.3) is 0 Å². The van der Waals surface area contributed by atoms with Gasteiger partial charge in [0.2, 0.25) is 5.96 Å². The summed E-state index contributed by atoms with van der Waals surface area (Å²) >= 11 is 0. The Morgan fingerprint density at radius 2 is 1.94 bits per heavy atom. The molecule has 90 valence electrons. The van der Waals surface area contributed by atoms with Crippen LogP contribution in [0, 0.1) is 0 Å². The Kier molecular flexibility index (Phi) is 2.75. The molecule has 17 heavy (non-hydrogen) atoms. The van der Waals surface area contributed by atoms with Gasteiger partial charge in [0.15, 0.2) is 0 Å². The van der Waals surface area contributed by atoms with E-state index in [-0.39, 0.29) is 0 Å². The van der Waals surface area contributed by atoms with Crippen LogP contribution in [0.3, 0.4) is 0 Å². The van der Waals surface area contributed by atoms with E-state index in [4.69, 9.17) is 4.74 Å². The zero-order valence-corrected chi connectivity index (χ0v) is 10.1. The van der Waals surface area contributed by atoms with Crippen LogP contribution in [-0.4, -0.2) is 22.7 Å². The number of nitrogens with one attached hydrogen (secondary N) is 1. The summed E-state index contributed by atoms with van der Waals surface area (Å²) in [7, 11) is 0. The normalized spacial score (nSPS) is 16.6. The lowest BCUT2D eigenvalue weighted by Gasteiger charge is -2.18. The number of aliphatic imine (C=N–C) groups is 1. The molecular weight excluding hydrogens is 218 g/mol. The fourth-order valence-corrected chi connectivity index (χ4v) is 1.21. The zero-order chi connectivity index (χ0) is 12.5. The summed E-state index contributed by atoms with van der Waals surface area (Å²) < 4.78 is 5.17. The van der Waals surface area contributed by atoms with E-state index in [9.17, 15) is 4.79 Å². The first-order chi connectivity index (χ1) is 7.96. The molecule has 1 amide bonds. The van der Waals surface area contributed by atoms with E-state index >= 15 is 0 Å². The number of guanidine groups is 1. The SMILES string of the molecule is CC(C)(C)OC(=O)N1NC1=Nc1ccccc1. The predicted octanol–water partition coefficient (Wildman–Crippen LogP) is 2.43. The van der Waals surface area contributed by atoms with E-state index < -0.39 is 11.7 Å². The number of hydrogen-bond donors (Lipinski definition) is 1. The van der Waals surface area contributed by atoms with E-state index in [2.05, 4.69) is 10.4 Å². The van der Waals surface area contributed by atoms with E-state index in [0.717, 1.165) is 5.69 Å². The highest BCUT2D eigenvalue weighted by Gasteiger charge is 2.37. The standard InChI is InChI=1S/C12H15N3O2/c1-12(2,3)17-11(16)15-10(14-15)13-9-7-5-4-6-8-9/h4-8H,1-3H3,(H,13,14). The number of hydrogen-bond acceptors (Lipinski definition) is 3. The first-order valence-corrected chi connectivity index (χ1v) is 5.39. The number of carbonyl (C=O) groups is 1. The maximum absolute atomic E-state index is 11.6. The molecule has 1 aliphatic heterocycles. The molecule has 0 spiro atoms. The smallest absolute Gasteiger partial charge is 0.436 e. The number of para-hydroxylation sites is 1. The molecule has 0 unspecified atom stereocenters. The molecule has 1 fully saturated rings. The summed E-state index contributed by atoms with van der Waals surface area (Å²) in [5, 5.41) is 1.28. The van der Waals surface area contributed by atoms with Crippen molar-refractivity contribution in [2.75, 3.05) is 0 Å². The third-order valence-corrected chi connectivity index (χ3v) is 1.94. The van der Waals surface area contributed by atoms with Crippen molar-refractivity contribution in [3.05, 3.63) is 30.3 Å². The summed E-state index contributed by atoms with van der Waals surface area (Å²) in [5.74, 6) is 0.505. The molecule has 5 nitrogen and oxygen atoms in total. The maximum Gasteiger partial charge on any atom is 0.436 e. The summed E-state index contributed by atoms with van der Waals surface area (Å²) in [6, 6.07) is 9.41. The second kappa shape index (κ2) is 4.08. The quantitative estimate of drug-likeness (QED) is 0.758. The summed E-state index contributed by atoms with van der Waals surface area (Å²) in [6.45, 7) is 5.47. The van der Waals surface area contributed by atoms with Gasteiger partial charge in [-0.2, -0.15) is 0 Å². The summed E-state index contributed by atoms with van der Waals surface area (Å²) in [4.78, 5) is 15.8. The molecule has 1 saturated heterocycles. The lowest BCUT2D eigenvalue weighted by molar-refractivity contribution is 0.0424. The number of hydrazine groups is 1. The Morgan fingerprint density at radius 1 is 1.29 bits per heavy atom. The largest absolute Gasteiger partial charge is 0.442 e. The maximum atomic E-state index is 11.6. The molecule has 0 saturated carbocycles. The Hall–Kier alpha value is -2.04. The molecule has 5 heteroatoms. The van der Waals surface area contributed by atoms with Crippen LogP contribution < -0.4 is 5.43 Å². The van der Waals surface area contributed by atoms with Gasteiger partial charge in [-0.25, -0.2) is 9.79 Å². The Bertz CT molecular complexity index is 449. The van der Waals surface area contributed by atoms with Crippen molar-refractivity contribution in [1.82, 2.24) is 10.4 Å². The van der Waals surface area contributed by atoms with Crippen LogP contribution in [0.15, 0.2) is 35.3 Å². The molecule has 1 aliphatic rings. The highest BCUT2D eigenvalue weighted by Crippen LogP contribution is 2.17. The lowest BCUT2D eigenvalue weighted by atomic mass is 10.2. The van der Waals surface area contributed by atoms with Crippen molar-refractivity contribution in [3.8, 4) is 0 Å². The van der Waals surface area contributed by atoms with Gasteiger partial charge in [-0.05, 0) is 32.9 Å². The fraction of sp³-hybridized carbons (Fsp3) is 0.333. The minimum Gasteiger partial charge on any atom is -0.442 e. The van der Waals surface area contributed by atoms with Crippen molar-refractivity contribution in [2.24, 2.45) is 4.99 Å². The average molecular weight is 233 g/mol. The second-order valence-corrected chi connectivity index (χ2v) is 4.70. The molecule has 0 aliphatic carbocycles. The number of benzene rings is 1. The molecule has 1 N–H and O–H groups in total.